The normalized spacial score (nSPS) is 21.8. The standard InChI is InChI=1S/C14H19ClN2O/c1-14(2)7-3-4-12(14)17-13(18)10-8-9(16)5-6-11(10)15/h5-6,8,12H,3-4,7,16H2,1-2H3,(H,17,18). The van der Waals surface area contributed by atoms with E-state index in [4.69, 9.17) is 17.3 Å². The Morgan fingerprint density at radius 2 is 2.22 bits per heavy atom. The van der Waals surface area contributed by atoms with Crippen molar-refractivity contribution in [2.24, 2.45) is 5.41 Å². The molecule has 1 aromatic rings. The highest BCUT2D eigenvalue weighted by atomic mass is 35.5. The fraction of sp³-hybridized carbons (Fsp3) is 0.500. The lowest BCUT2D eigenvalue weighted by Gasteiger charge is -2.28. The molecule has 1 fully saturated rings. The third-order valence-electron chi connectivity index (χ3n) is 3.80. The summed E-state index contributed by atoms with van der Waals surface area (Å²) < 4.78 is 0. The molecule has 3 N–H and O–H groups in total. The molecule has 1 saturated carbocycles. The lowest BCUT2D eigenvalue weighted by atomic mass is 9.87. The highest BCUT2D eigenvalue weighted by Crippen LogP contribution is 2.37. The second kappa shape index (κ2) is 4.81. The summed E-state index contributed by atoms with van der Waals surface area (Å²) in [7, 11) is 0. The van der Waals surface area contributed by atoms with Crippen LogP contribution in [0.2, 0.25) is 5.02 Å². The van der Waals surface area contributed by atoms with Gasteiger partial charge in [-0.2, -0.15) is 0 Å². The molecule has 1 aromatic carbocycles. The number of amides is 1. The Labute approximate surface area is 113 Å². The molecule has 1 amide bonds. The number of carbonyl (C=O) groups is 1. The molecule has 1 aliphatic carbocycles. The minimum atomic E-state index is -0.132. The van der Waals surface area contributed by atoms with Gasteiger partial charge in [-0.25, -0.2) is 0 Å². The highest BCUT2D eigenvalue weighted by molar-refractivity contribution is 6.34. The van der Waals surface area contributed by atoms with Crippen molar-refractivity contribution in [3.8, 4) is 0 Å². The van der Waals surface area contributed by atoms with E-state index in [1.807, 2.05) is 0 Å². The van der Waals surface area contributed by atoms with Crippen LogP contribution in [-0.4, -0.2) is 11.9 Å². The molecule has 0 heterocycles. The zero-order valence-corrected chi connectivity index (χ0v) is 11.6. The molecule has 1 atom stereocenters. The minimum absolute atomic E-state index is 0.132. The van der Waals surface area contributed by atoms with Gasteiger partial charge in [-0.3, -0.25) is 4.79 Å². The number of hydrogen-bond donors (Lipinski definition) is 2. The Bertz CT molecular complexity index is 471. The Hall–Kier alpha value is -1.22. The van der Waals surface area contributed by atoms with Gasteiger partial charge in [0.2, 0.25) is 0 Å². The van der Waals surface area contributed by atoms with Crippen molar-refractivity contribution in [1.82, 2.24) is 5.32 Å². The second-order valence-corrected chi connectivity index (χ2v) is 6.05. The molecular formula is C14H19ClN2O. The van der Waals surface area contributed by atoms with Crippen LogP contribution in [0.25, 0.3) is 0 Å². The Kier molecular flexibility index (Phi) is 3.53. The lowest BCUT2D eigenvalue weighted by Crippen LogP contribution is -2.41. The predicted octanol–water partition coefficient (Wildman–Crippen LogP) is 3.23. The third-order valence-corrected chi connectivity index (χ3v) is 4.13. The van der Waals surface area contributed by atoms with Crippen LogP contribution < -0.4 is 11.1 Å². The predicted molar refractivity (Wildman–Crippen MR) is 74.8 cm³/mol. The summed E-state index contributed by atoms with van der Waals surface area (Å²) in [4.78, 5) is 12.2. The summed E-state index contributed by atoms with van der Waals surface area (Å²) in [6, 6.07) is 5.19. The van der Waals surface area contributed by atoms with E-state index in [1.54, 1.807) is 18.2 Å². The maximum atomic E-state index is 12.2. The maximum Gasteiger partial charge on any atom is 0.253 e. The SMILES string of the molecule is CC1(C)CCCC1NC(=O)c1cc(N)ccc1Cl. The van der Waals surface area contributed by atoms with Crippen LogP contribution >= 0.6 is 11.6 Å². The molecule has 1 unspecified atom stereocenters. The van der Waals surface area contributed by atoms with Crippen LogP contribution in [-0.2, 0) is 0 Å². The van der Waals surface area contributed by atoms with Gasteiger partial charge in [0.15, 0.2) is 0 Å². The van der Waals surface area contributed by atoms with Crippen molar-refractivity contribution in [2.45, 2.75) is 39.2 Å². The van der Waals surface area contributed by atoms with Crippen molar-refractivity contribution in [1.29, 1.82) is 0 Å². The molecule has 3 nitrogen and oxygen atoms in total. The molecule has 0 spiro atoms. The number of anilines is 1. The fourth-order valence-electron chi connectivity index (χ4n) is 2.55. The van der Waals surface area contributed by atoms with Gasteiger partial charge in [0.05, 0.1) is 10.6 Å². The fourth-order valence-corrected chi connectivity index (χ4v) is 2.75. The maximum absolute atomic E-state index is 12.2. The largest absolute Gasteiger partial charge is 0.399 e. The number of rotatable bonds is 2. The quantitative estimate of drug-likeness (QED) is 0.808. The number of hydrogen-bond acceptors (Lipinski definition) is 2. The Balaban J connectivity index is 2.15. The summed E-state index contributed by atoms with van der Waals surface area (Å²) in [6.07, 6.45) is 3.32. The van der Waals surface area contributed by atoms with E-state index in [-0.39, 0.29) is 17.4 Å². The monoisotopic (exact) mass is 266 g/mol. The van der Waals surface area contributed by atoms with Crippen LogP contribution in [0.1, 0.15) is 43.5 Å². The average molecular weight is 267 g/mol. The van der Waals surface area contributed by atoms with E-state index in [2.05, 4.69) is 19.2 Å². The third kappa shape index (κ3) is 2.61. The zero-order valence-electron chi connectivity index (χ0n) is 10.8. The van der Waals surface area contributed by atoms with Gasteiger partial charge >= 0.3 is 0 Å². The van der Waals surface area contributed by atoms with Gasteiger partial charge in [-0.15, -0.1) is 0 Å². The summed E-state index contributed by atoms with van der Waals surface area (Å²) in [5.74, 6) is -0.132. The second-order valence-electron chi connectivity index (χ2n) is 5.65. The van der Waals surface area contributed by atoms with Crippen LogP contribution in [0, 0.1) is 5.41 Å². The smallest absolute Gasteiger partial charge is 0.253 e. The van der Waals surface area contributed by atoms with E-state index in [0.29, 0.717) is 16.3 Å². The van der Waals surface area contributed by atoms with E-state index < -0.39 is 0 Å². The number of nitrogens with two attached hydrogens (primary N) is 1. The van der Waals surface area contributed by atoms with Crippen molar-refractivity contribution in [3.05, 3.63) is 28.8 Å². The van der Waals surface area contributed by atoms with Crippen LogP contribution in [0.5, 0.6) is 0 Å². The van der Waals surface area contributed by atoms with Gasteiger partial charge in [0.25, 0.3) is 5.91 Å². The Morgan fingerprint density at radius 1 is 1.50 bits per heavy atom. The summed E-state index contributed by atoms with van der Waals surface area (Å²) in [5.41, 5.74) is 6.85. The highest BCUT2D eigenvalue weighted by Gasteiger charge is 2.35. The molecule has 0 aliphatic heterocycles. The van der Waals surface area contributed by atoms with Crippen LogP contribution in [0.3, 0.4) is 0 Å². The molecule has 0 bridgehead atoms. The molecule has 0 radical (unpaired) electrons. The van der Waals surface area contributed by atoms with Gasteiger partial charge < -0.3 is 11.1 Å². The zero-order chi connectivity index (χ0) is 13.3. The van der Waals surface area contributed by atoms with Crippen molar-refractivity contribution < 1.29 is 4.79 Å². The molecule has 0 aromatic heterocycles. The number of nitrogen functional groups attached to an aromatic ring is 1. The number of nitrogens with one attached hydrogen (secondary N) is 1. The molecule has 1 aliphatic rings. The first-order valence-corrected chi connectivity index (χ1v) is 6.64. The van der Waals surface area contributed by atoms with Gasteiger partial charge in [-0.1, -0.05) is 31.9 Å². The Morgan fingerprint density at radius 3 is 2.83 bits per heavy atom. The molecule has 2 rings (SSSR count). The van der Waals surface area contributed by atoms with E-state index in [0.717, 1.165) is 19.3 Å². The van der Waals surface area contributed by atoms with Crippen molar-refractivity contribution in [2.75, 3.05) is 5.73 Å². The van der Waals surface area contributed by atoms with Crippen molar-refractivity contribution >= 4 is 23.2 Å². The molecule has 18 heavy (non-hydrogen) atoms. The molecule has 4 heteroatoms. The topological polar surface area (TPSA) is 55.1 Å². The van der Waals surface area contributed by atoms with E-state index in [9.17, 15) is 4.79 Å². The number of carbonyl (C=O) groups excluding carboxylic acids is 1. The van der Waals surface area contributed by atoms with E-state index >= 15 is 0 Å². The first kappa shape index (κ1) is 13.2. The molecule has 0 saturated heterocycles. The molecule has 98 valence electrons. The number of halogens is 1. The summed E-state index contributed by atoms with van der Waals surface area (Å²) >= 11 is 6.03. The lowest BCUT2D eigenvalue weighted by molar-refractivity contribution is 0.0910. The first-order chi connectivity index (χ1) is 8.40. The van der Waals surface area contributed by atoms with E-state index in [1.165, 1.54) is 0 Å². The first-order valence-electron chi connectivity index (χ1n) is 6.26. The summed E-state index contributed by atoms with van der Waals surface area (Å²) in [5, 5.41) is 3.52. The minimum Gasteiger partial charge on any atom is -0.399 e. The van der Waals surface area contributed by atoms with Crippen LogP contribution in [0.15, 0.2) is 18.2 Å². The van der Waals surface area contributed by atoms with Gasteiger partial charge in [-0.05, 0) is 36.5 Å². The van der Waals surface area contributed by atoms with Gasteiger partial charge in [0, 0.05) is 11.7 Å². The van der Waals surface area contributed by atoms with Crippen LogP contribution in [0.4, 0.5) is 5.69 Å². The molecular weight excluding hydrogens is 248 g/mol. The average Bonchev–Trinajstić information content (AvgIpc) is 2.62. The number of benzene rings is 1. The summed E-state index contributed by atoms with van der Waals surface area (Å²) in [6.45, 7) is 4.37. The van der Waals surface area contributed by atoms with Gasteiger partial charge in [0.1, 0.15) is 0 Å². The van der Waals surface area contributed by atoms with Crippen molar-refractivity contribution in [3.63, 3.8) is 0 Å².